The number of aryl methyl sites for hydroxylation is 1. The highest BCUT2D eigenvalue weighted by Crippen LogP contribution is 2.35. The number of benzene rings is 1. The predicted octanol–water partition coefficient (Wildman–Crippen LogP) is 1.26. The molecule has 2 aliphatic heterocycles. The van der Waals surface area contributed by atoms with Crippen molar-refractivity contribution in [2.45, 2.75) is 18.9 Å². The van der Waals surface area contributed by atoms with Crippen molar-refractivity contribution in [3.05, 3.63) is 29.3 Å². The molecule has 2 heterocycles. The van der Waals surface area contributed by atoms with Crippen molar-refractivity contribution in [3.8, 4) is 0 Å². The zero-order valence-electron chi connectivity index (χ0n) is 10.6. The lowest BCUT2D eigenvalue weighted by Crippen LogP contribution is -2.36. The average molecular weight is 246 g/mol. The fourth-order valence-corrected chi connectivity index (χ4v) is 2.78. The first-order chi connectivity index (χ1) is 8.77. The molecule has 1 fully saturated rings. The van der Waals surface area contributed by atoms with Crippen molar-refractivity contribution in [2.24, 2.45) is 0 Å². The fraction of sp³-hybridized carbons (Fsp3) is 0.500. The Hall–Kier alpha value is -1.39. The Balaban J connectivity index is 2.02. The SMILES string of the molecule is CN1C(=O)CCc2cccc(C3CNCCO3)c21. The topological polar surface area (TPSA) is 41.6 Å². The number of ether oxygens (including phenoxy) is 1. The lowest BCUT2D eigenvalue weighted by atomic mass is 9.94. The molecule has 96 valence electrons. The summed E-state index contributed by atoms with van der Waals surface area (Å²) in [5.74, 6) is 0.193. The first-order valence-electron chi connectivity index (χ1n) is 6.48. The highest BCUT2D eigenvalue weighted by atomic mass is 16.5. The van der Waals surface area contributed by atoms with Crippen molar-refractivity contribution in [2.75, 3.05) is 31.6 Å². The number of nitrogens with one attached hydrogen (secondary N) is 1. The predicted molar refractivity (Wildman–Crippen MR) is 69.7 cm³/mol. The van der Waals surface area contributed by atoms with Crippen LogP contribution in [0.15, 0.2) is 18.2 Å². The number of carbonyl (C=O) groups is 1. The summed E-state index contributed by atoms with van der Waals surface area (Å²) in [5, 5.41) is 3.34. The van der Waals surface area contributed by atoms with Crippen LogP contribution in [0.3, 0.4) is 0 Å². The summed E-state index contributed by atoms with van der Waals surface area (Å²) >= 11 is 0. The quantitative estimate of drug-likeness (QED) is 0.811. The first kappa shape index (κ1) is 11.7. The molecule has 3 rings (SSSR count). The van der Waals surface area contributed by atoms with Crippen LogP contribution in [0.2, 0.25) is 0 Å². The molecule has 0 aromatic heterocycles. The Kier molecular flexibility index (Phi) is 3.06. The van der Waals surface area contributed by atoms with Gasteiger partial charge >= 0.3 is 0 Å². The third-order valence-electron chi connectivity index (χ3n) is 3.74. The number of carbonyl (C=O) groups excluding carboxylic acids is 1. The molecule has 1 amide bonds. The Morgan fingerprint density at radius 1 is 1.39 bits per heavy atom. The van der Waals surface area contributed by atoms with Crippen LogP contribution in [0.4, 0.5) is 5.69 Å². The molecule has 1 atom stereocenters. The number of rotatable bonds is 1. The van der Waals surface area contributed by atoms with E-state index in [0.29, 0.717) is 6.42 Å². The van der Waals surface area contributed by atoms with Gasteiger partial charge in [0.15, 0.2) is 0 Å². The zero-order chi connectivity index (χ0) is 12.5. The highest BCUT2D eigenvalue weighted by Gasteiger charge is 2.27. The molecular formula is C14H18N2O2. The van der Waals surface area contributed by atoms with E-state index >= 15 is 0 Å². The molecule has 0 aliphatic carbocycles. The summed E-state index contributed by atoms with van der Waals surface area (Å²) in [6, 6.07) is 6.25. The van der Waals surface area contributed by atoms with Gasteiger partial charge in [-0.15, -0.1) is 0 Å². The number of anilines is 1. The number of nitrogens with zero attached hydrogens (tertiary/aromatic N) is 1. The molecule has 1 N–H and O–H groups in total. The minimum Gasteiger partial charge on any atom is -0.371 e. The van der Waals surface area contributed by atoms with Gasteiger partial charge in [0.1, 0.15) is 0 Å². The zero-order valence-corrected chi connectivity index (χ0v) is 10.6. The Morgan fingerprint density at radius 3 is 3.06 bits per heavy atom. The average Bonchev–Trinajstić information content (AvgIpc) is 2.43. The maximum atomic E-state index is 11.9. The summed E-state index contributed by atoms with van der Waals surface area (Å²) in [6.07, 6.45) is 1.51. The van der Waals surface area contributed by atoms with Crippen LogP contribution in [0.1, 0.15) is 23.7 Å². The number of fused-ring (bicyclic) bond motifs is 1. The lowest BCUT2D eigenvalue weighted by molar-refractivity contribution is -0.118. The van der Waals surface area contributed by atoms with Gasteiger partial charge in [0, 0.05) is 32.1 Å². The number of para-hydroxylation sites is 1. The molecule has 0 bridgehead atoms. The molecule has 4 nitrogen and oxygen atoms in total. The third kappa shape index (κ3) is 1.91. The molecule has 0 spiro atoms. The Bertz CT molecular complexity index is 467. The second-order valence-electron chi connectivity index (χ2n) is 4.87. The largest absolute Gasteiger partial charge is 0.371 e. The van der Waals surface area contributed by atoms with Gasteiger partial charge in [0.25, 0.3) is 0 Å². The van der Waals surface area contributed by atoms with Gasteiger partial charge in [0.2, 0.25) is 5.91 Å². The molecule has 18 heavy (non-hydrogen) atoms. The summed E-state index contributed by atoms with van der Waals surface area (Å²) in [5.41, 5.74) is 3.45. The van der Waals surface area contributed by atoms with Crippen LogP contribution in [0.5, 0.6) is 0 Å². The van der Waals surface area contributed by atoms with Gasteiger partial charge in [-0.1, -0.05) is 18.2 Å². The van der Waals surface area contributed by atoms with Gasteiger partial charge in [-0.05, 0) is 12.0 Å². The normalized spacial score (nSPS) is 23.9. The Labute approximate surface area is 107 Å². The van der Waals surface area contributed by atoms with E-state index in [4.69, 9.17) is 4.74 Å². The molecule has 0 saturated carbocycles. The summed E-state index contributed by atoms with van der Waals surface area (Å²) < 4.78 is 5.81. The van der Waals surface area contributed by atoms with Crippen LogP contribution in [-0.2, 0) is 16.0 Å². The molecule has 1 aromatic rings. The molecule has 1 aromatic carbocycles. The van der Waals surface area contributed by atoms with E-state index in [1.807, 2.05) is 7.05 Å². The van der Waals surface area contributed by atoms with Gasteiger partial charge in [0.05, 0.1) is 18.4 Å². The van der Waals surface area contributed by atoms with Crippen molar-refractivity contribution in [1.29, 1.82) is 0 Å². The van der Waals surface area contributed by atoms with Crippen molar-refractivity contribution in [1.82, 2.24) is 5.32 Å². The maximum absolute atomic E-state index is 11.9. The van der Waals surface area contributed by atoms with Gasteiger partial charge in [-0.3, -0.25) is 4.79 Å². The maximum Gasteiger partial charge on any atom is 0.227 e. The van der Waals surface area contributed by atoms with Crippen LogP contribution in [0.25, 0.3) is 0 Å². The molecule has 0 radical (unpaired) electrons. The van der Waals surface area contributed by atoms with E-state index in [1.165, 1.54) is 5.56 Å². The van der Waals surface area contributed by atoms with E-state index in [-0.39, 0.29) is 12.0 Å². The molecular weight excluding hydrogens is 228 g/mol. The monoisotopic (exact) mass is 246 g/mol. The van der Waals surface area contributed by atoms with Crippen molar-refractivity contribution >= 4 is 11.6 Å². The lowest BCUT2D eigenvalue weighted by Gasteiger charge is -2.32. The van der Waals surface area contributed by atoms with E-state index in [1.54, 1.807) is 4.90 Å². The smallest absolute Gasteiger partial charge is 0.227 e. The number of hydrogen-bond donors (Lipinski definition) is 1. The first-order valence-corrected chi connectivity index (χ1v) is 6.48. The van der Waals surface area contributed by atoms with Crippen LogP contribution < -0.4 is 10.2 Å². The molecule has 4 heteroatoms. The summed E-state index contributed by atoms with van der Waals surface area (Å²) in [7, 11) is 1.86. The number of hydrogen-bond acceptors (Lipinski definition) is 3. The number of amides is 1. The van der Waals surface area contributed by atoms with Crippen LogP contribution in [0, 0.1) is 0 Å². The third-order valence-corrected chi connectivity index (χ3v) is 3.74. The minimum absolute atomic E-state index is 0.0575. The van der Waals surface area contributed by atoms with E-state index in [0.717, 1.165) is 37.4 Å². The second kappa shape index (κ2) is 4.71. The highest BCUT2D eigenvalue weighted by molar-refractivity contribution is 5.96. The van der Waals surface area contributed by atoms with E-state index < -0.39 is 0 Å². The van der Waals surface area contributed by atoms with Crippen LogP contribution in [-0.4, -0.2) is 32.7 Å². The van der Waals surface area contributed by atoms with Crippen molar-refractivity contribution in [3.63, 3.8) is 0 Å². The molecule has 1 unspecified atom stereocenters. The summed E-state index contributed by atoms with van der Waals surface area (Å²) in [6.45, 7) is 2.45. The van der Waals surface area contributed by atoms with E-state index in [2.05, 4.69) is 23.5 Å². The number of morpholine rings is 1. The van der Waals surface area contributed by atoms with Gasteiger partial charge in [-0.2, -0.15) is 0 Å². The minimum atomic E-state index is 0.0575. The van der Waals surface area contributed by atoms with Crippen LogP contribution >= 0.6 is 0 Å². The molecule has 1 saturated heterocycles. The fourth-order valence-electron chi connectivity index (χ4n) is 2.78. The van der Waals surface area contributed by atoms with Crippen molar-refractivity contribution < 1.29 is 9.53 Å². The van der Waals surface area contributed by atoms with Gasteiger partial charge < -0.3 is 15.0 Å². The second-order valence-corrected chi connectivity index (χ2v) is 4.87. The van der Waals surface area contributed by atoms with Gasteiger partial charge in [-0.25, -0.2) is 0 Å². The molecule has 2 aliphatic rings. The standard InChI is InChI=1S/C14H18N2O2/c1-16-13(17)6-5-10-3-2-4-11(14(10)16)12-9-15-7-8-18-12/h2-4,12,15H,5-9H2,1H3. The Morgan fingerprint density at radius 2 is 2.28 bits per heavy atom. The van der Waals surface area contributed by atoms with E-state index in [9.17, 15) is 4.79 Å². The summed E-state index contributed by atoms with van der Waals surface area (Å²) in [4.78, 5) is 13.6.